The molecule has 1 unspecified atom stereocenters. The van der Waals surface area contributed by atoms with Crippen molar-refractivity contribution < 1.29 is 0 Å². The Morgan fingerprint density at radius 1 is 0.783 bits per heavy atom. The van der Waals surface area contributed by atoms with Crippen LogP contribution in [0, 0.1) is 0 Å². The van der Waals surface area contributed by atoms with Crippen LogP contribution in [0.3, 0.4) is 0 Å². The van der Waals surface area contributed by atoms with E-state index >= 15 is 0 Å². The van der Waals surface area contributed by atoms with Gasteiger partial charge in [-0.15, -0.1) is 0 Å². The van der Waals surface area contributed by atoms with Crippen molar-refractivity contribution in [2.24, 2.45) is 0 Å². The average molecular weight is 315 g/mol. The van der Waals surface area contributed by atoms with Crippen LogP contribution in [0.25, 0.3) is 28.0 Å². The van der Waals surface area contributed by atoms with Gasteiger partial charge in [-0.1, -0.05) is 85.4 Å². The number of benzene rings is 3. The third-order valence-corrected chi connectivity index (χ3v) is 7.30. The van der Waals surface area contributed by atoms with Gasteiger partial charge in [-0.25, -0.2) is 0 Å². The summed E-state index contributed by atoms with van der Waals surface area (Å²) >= 11 is 0. The summed E-state index contributed by atoms with van der Waals surface area (Å²) in [6, 6.07) is 22.2. The molecule has 23 heavy (non-hydrogen) atoms. The first-order valence-corrected chi connectivity index (χ1v) is 11.4. The fourth-order valence-electron chi connectivity index (χ4n) is 4.16. The van der Waals surface area contributed by atoms with Gasteiger partial charge in [0.05, 0.1) is 0 Å². The summed E-state index contributed by atoms with van der Waals surface area (Å²) in [6.07, 6.45) is 2.43. The van der Waals surface area contributed by atoms with Crippen molar-refractivity contribution >= 4 is 25.6 Å². The van der Waals surface area contributed by atoms with Crippen LogP contribution in [-0.4, -0.2) is 8.80 Å². The molecule has 0 saturated carbocycles. The Labute approximate surface area is 140 Å². The van der Waals surface area contributed by atoms with Crippen LogP contribution in [0.1, 0.15) is 23.6 Å². The maximum absolute atomic E-state index is 2.46. The second kappa shape index (κ2) is 5.50. The van der Waals surface area contributed by atoms with E-state index in [1.165, 1.54) is 27.5 Å². The Kier molecular flexibility index (Phi) is 3.46. The molecule has 3 aromatic carbocycles. The zero-order valence-electron chi connectivity index (χ0n) is 14.0. The molecule has 0 spiro atoms. The molecular formula is C22H22Si. The predicted octanol–water partition coefficient (Wildman–Crippen LogP) is 6.03. The highest BCUT2D eigenvalue weighted by molar-refractivity contribution is 6.58. The van der Waals surface area contributed by atoms with Crippen molar-refractivity contribution in [1.82, 2.24) is 0 Å². The Bertz CT molecular complexity index is 913. The molecule has 0 fully saturated rings. The molecule has 0 bridgehead atoms. The normalized spacial score (nSPS) is 16.7. The first-order chi connectivity index (χ1) is 11.2. The van der Waals surface area contributed by atoms with Gasteiger partial charge >= 0.3 is 0 Å². The lowest BCUT2D eigenvalue weighted by atomic mass is 9.93. The van der Waals surface area contributed by atoms with Crippen LogP contribution in [0.2, 0.25) is 13.1 Å². The van der Waals surface area contributed by atoms with Crippen LogP contribution in [-0.2, 0) is 0 Å². The first-order valence-electron chi connectivity index (χ1n) is 8.46. The molecule has 4 rings (SSSR count). The van der Waals surface area contributed by atoms with Crippen molar-refractivity contribution in [3.05, 3.63) is 77.4 Å². The quantitative estimate of drug-likeness (QED) is 0.506. The van der Waals surface area contributed by atoms with Gasteiger partial charge in [0.2, 0.25) is 0 Å². The van der Waals surface area contributed by atoms with Crippen molar-refractivity contribution in [2.45, 2.75) is 25.6 Å². The highest BCUT2D eigenvalue weighted by atomic mass is 28.3. The van der Waals surface area contributed by atoms with Crippen LogP contribution < -0.4 is 0 Å². The lowest BCUT2D eigenvalue weighted by molar-refractivity contribution is 1.10. The van der Waals surface area contributed by atoms with E-state index in [1.807, 2.05) is 0 Å². The first kappa shape index (κ1) is 14.5. The number of fused-ring (bicyclic) bond motifs is 2. The van der Waals surface area contributed by atoms with E-state index in [-0.39, 0.29) is 0 Å². The Balaban J connectivity index is 1.99. The van der Waals surface area contributed by atoms with Crippen LogP contribution in [0.15, 0.2) is 66.2 Å². The van der Waals surface area contributed by atoms with Gasteiger partial charge in [0, 0.05) is 8.80 Å². The number of rotatable bonds is 2. The molecule has 1 heteroatoms. The highest BCUT2D eigenvalue weighted by Gasteiger charge is 2.27. The van der Waals surface area contributed by atoms with Crippen molar-refractivity contribution in [3.63, 3.8) is 0 Å². The van der Waals surface area contributed by atoms with Crippen molar-refractivity contribution in [2.75, 3.05) is 0 Å². The van der Waals surface area contributed by atoms with Gasteiger partial charge in [-0.05, 0) is 45.5 Å². The topological polar surface area (TPSA) is 0 Å². The molecule has 0 saturated heterocycles. The van der Waals surface area contributed by atoms with E-state index in [0.717, 1.165) is 0 Å². The lowest BCUT2D eigenvalue weighted by Gasteiger charge is -2.18. The molecule has 0 N–H and O–H groups in total. The number of allylic oxidation sites excluding steroid dienone is 1. The molecule has 0 aliphatic heterocycles. The molecule has 1 aliphatic rings. The molecule has 0 radical (unpaired) electrons. The van der Waals surface area contributed by atoms with E-state index in [1.54, 1.807) is 11.1 Å². The van der Waals surface area contributed by atoms with E-state index in [2.05, 4.69) is 86.8 Å². The zero-order chi connectivity index (χ0) is 16.0. The fraction of sp³-hybridized carbons (Fsp3) is 0.182. The van der Waals surface area contributed by atoms with Gasteiger partial charge < -0.3 is 0 Å². The molecule has 0 amide bonds. The van der Waals surface area contributed by atoms with Gasteiger partial charge in [-0.3, -0.25) is 0 Å². The maximum Gasteiger partial charge on any atom is 0.0439 e. The predicted molar refractivity (Wildman–Crippen MR) is 105 cm³/mol. The molecule has 3 aromatic rings. The molecule has 114 valence electrons. The molecule has 0 nitrogen and oxygen atoms in total. The summed E-state index contributed by atoms with van der Waals surface area (Å²) in [5, 5.41) is 2.66. The minimum Gasteiger partial charge on any atom is -0.0714 e. The van der Waals surface area contributed by atoms with Crippen LogP contribution in [0.4, 0.5) is 0 Å². The summed E-state index contributed by atoms with van der Waals surface area (Å²) in [5.41, 5.74) is 7.99. The highest BCUT2D eigenvalue weighted by Crippen LogP contribution is 2.43. The minimum atomic E-state index is -0.750. The largest absolute Gasteiger partial charge is 0.0714 e. The zero-order valence-corrected chi connectivity index (χ0v) is 15.2. The van der Waals surface area contributed by atoms with Crippen LogP contribution >= 0.6 is 0 Å². The summed E-state index contributed by atoms with van der Waals surface area (Å²) in [4.78, 5) is 0. The van der Waals surface area contributed by atoms with Gasteiger partial charge in [0.25, 0.3) is 0 Å². The van der Waals surface area contributed by atoms with E-state index in [0.29, 0.717) is 5.54 Å². The molecule has 1 aliphatic carbocycles. The van der Waals surface area contributed by atoms with E-state index in [4.69, 9.17) is 0 Å². The second-order valence-corrected chi connectivity index (χ2v) is 10.1. The fourth-order valence-corrected chi connectivity index (χ4v) is 6.31. The molecule has 0 heterocycles. The van der Waals surface area contributed by atoms with Gasteiger partial charge in [0.1, 0.15) is 0 Å². The summed E-state index contributed by atoms with van der Waals surface area (Å²) in [7, 11) is -0.750. The Morgan fingerprint density at radius 3 is 2.30 bits per heavy atom. The minimum absolute atomic E-state index is 0.694. The van der Waals surface area contributed by atoms with E-state index < -0.39 is 8.80 Å². The lowest BCUT2D eigenvalue weighted by Crippen LogP contribution is -2.15. The summed E-state index contributed by atoms with van der Waals surface area (Å²) in [5.74, 6) is 0. The van der Waals surface area contributed by atoms with E-state index in [9.17, 15) is 0 Å². The Hall–Kier alpha value is -2.12. The number of hydrogen-bond acceptors (Lipinski definition) is 0. The monoisotopic (exact) mass is 314 g/mol. The van der Waals surface area contributed by atoms with Gasteiger partial charge in [-0.2, -0.15) is 0 Å². The maximum atomic E-state index is 2.46. The SMILES string of the molecule is CC1=Cc2c(-c3cccc4ccccc34)cccc2C1[SiH](C)C. The van der Waals surface area contributed by atoms with Crippen molar-refractivity contribution in [1.29, 1.82) is 0 Å². The third-order valence-electron chi connectivity index (χ3n) is 5.08. The average Bonchev–Trinajstić information content (AvgIpc) is 2.90. The number of hydrogen-bond donors (Lipinski definition) is 0. The second-order valence-electron chi connectivity index (χ2n) is 6.95. The molecule has 0 aromatic heterocycles. The van der Waals surface area contributed by atoms with Crippen LogP contribution in [0.5, 0.6) is 0 Å². The summed E-state index contributed by atoms with van der Waals surface area (Å²) < 4.78 is 0. The van der Waals surface area contributed by atoms with Crippen molar-refractivity contribution in [3.8, 4) is 11.1 Å². The standard InChI is InChI=1S/C22H22Si/c1-15-14-21-19(12-7-13-20(21)22(15)23(2)3)18-11-6-9-16-8-4-5-10-17(16)18/h4-14,22-23H,1-3H3. The molecule has 1 atom stereocenters. The molecular weight excluding hydrogens is 292 g/mol. The third kappa shape index (κ3) is 2.27. The smallest absolute Gasteiger partial charge is 0.0439 e. The van der Waals surface area contributed by atoms with Gasteiger partial charge in [0.15, 0.2) is 0 Å². The summed E-state index contributed by atoms with van der Waals surface area (Å²) in [6.45, 7) is 7.23. The Morgan fingerprint density at radius 2 is 1.48 bits per heavy atom.